The fraction of sp³-hybridized carbons (Fsp3) is 0.455. The lowest BCUT2D eigenvalue weighted by molar-refractivity contribution is -0.162. The van der Waals surface area contributed by atoms with Crippen LogP contribution in [0.5, 0.6) is 0 Å². The average Bonchev–Trinajstić information content (AvgIpc) is 3.11. The van der Waals surface area contributed by atoms with Gasteiger partial charge in [0.05, 0.1) is 5.92 Å². The molecule has 2 saturated carbocycles. The van der Waals surface area contributed by atoms with E-state index in [-0.39, 0.29) is 23.6 Å². The van der Waals surface area contributed by atoms with Crippen LogP contribution in [0.2, 0.25) is 0 Å². The zero-order chi connectivity index (χ0) is 20.4. The Morgan fingerprint density at radius 3 is 2.48 bits per heavy atom. The fourth-order valence-corrected chi connectivity index (χ4v) is 4.40. The van der Waals surface area contributed by atoms with Gasteiger partial charge in [-0.15, -0.1) is 0 Å². The third kappa shape index (κ3) is 4.23. The molecule has 7 nitrogen and oxygen atoms in total. The van der Waals surface area contributed by atoms with Gasteiger partial charge in [-0.2, -0.15) is 0 Å². The molecule has 7 heteroatoms. The van der Waals surface area contributed by atoms with E-state index < -0.39 is 18.0 Å². The highest BCUT2D eigenvalue weighted by Crippen LogP contribution is 2.41. The second-order valence-electron chi connectivity index (χ2n) is 7.94. The zero-order valence-electron chi connectivity index (χ0n) is 16.3. The molecule has 1 aromatic carbocycles. The normalized spacial score (nSPS) is 24.6. The third-order valence-electron chi connectivity index (χ3n) is 5.84. The highest BCUT2D eigenvalue weighted by atomic mass is 16.5. The largest absolute Gasteiger partial charge is 0.447 e. The van der Waals surface area contributed by atoms with Crippen LogP contribution >= 0.6 is 0 Å². The summed E-state index contributed by atoms with van der Waals surface area (Å²) in [5, 5.41) is 6.40. The van der Waals surface area contributed by atoms with Gasteiger partial charge in [-0.25, -0.2) is 0 Å². The molecule has 2 aliphatic carbocycles. The Hall–Kier alpha value is -2.96. The number of hydrogen-bond donors (Lipinski definition) is 1. The first kappa shape index (κ1) is 19.4. The summed E-state index contributed by atoms with van der Waals surface area (Å²) in [6.07, 6.45) is 2.65. The van der Waals surface area contributed by atoms with Gasteiger partial charge in [0, 0.05) is 23.5 Å². The number of aryl methyl sites for hydroxylation is 1. The van der Waals surface area contributed by atoms with E-state index in [1.54, 1.807) is 37.3 Å². The smallest absolute Gasteiger partial charge is 0.310 e. The minimum atomic E-state index is -1.10. The van der Waals surface area contributed by atoms with Gasteiger partial charge in [-0.05, 0) is 32.6 Å². The number of nitrogens with zero attached hydrogens (tertiary/aromatic N) is 1. The van der Waals surface area contributed by atoms with Crippen LogP contribution in [0.3, 0.4) is 0 Å². The van der Waals surface area contributed by atoms with E-state index in [0.29, 0.717) is 29.9 Å². The Kier molecular flexibility index (Phi) is 5.47. The summed E-state index contributed by atoms with van der Waals surface area (Å²) >= 11 is 0. The van der Waals surface area contributed by atoms with Crippen LogP contribution in [-0.4, -0.2) is 22.8 Å². The molecule has 0 saturated heterocycles. The van der Waals surface area contributed by atoms with Crippen LogP contribution in [-0.2, 0) is 19.1 Å². The summed E-state index contributed by atoms with van der Waals surface area (Å²) < 4.78 is 10.7. The first-order chi connectivity index (χ1) is 14.0. The number of nitrogens with one attached hydrogen (secondary N) is 1. The molecule has 1 N–H and O–H groups in total. The van der Waals surface area contributed by atoms with E-state index >= 15 is 0 Å². The molecule has 0 aliphatic heterocycles. The van der Waals surface area contributed by atoms with Gasteiger partial charge < -0.3 is 14.6 Å². The van der Waals surface area contributed by atoms with Crippen molar-refractivity contribution in [2.75, 3.05) is 5.32 Å². The molecule has 152 valence electrons. The fourth-order valence-electron chi connectivity index (χ4n) is 4.40. The lowest BCUT2D eigenvalue weighted by Gasteiger charge is -2.36. The molecule has 1 amide bonds. The quantitative estimate of drug-likeness (QED) is 0.776. The van der Waals surface area contributed by atoms with Gasteiger partial charge in [0.15, 0.2) is 5.82 Å². The summed E-state index contributed by atoms with van der Waals surface area (Å²) in [4.78, 5) is 38.1. The summed E-state index contributed by atoms with van der Waals surface area (Å²) in [6.45, 7) is 1.72. The Bertz CT molecular complexity index is 891. The lowest BCUT2D eigenvalue weighted by Crippen LogP contribution is -2.40. The molecule has 1 aromatic heterocycles. The topological polar surface area (TPSA) is 98.5 Å². The number of amides is 1. The van der Waals surface area contributed by atoms with E-state index in [9.17, 15) is 14.4 Å². The molecule has 2 fully saturated rings. The first-order valence-electron chi connectivity index (χ1n) is 10.0. The number of aromatic nitrogens is 1. The molecule has 2 aliphatic rings. The molecule has 2 aromatic rings. The number of fused-ring (bicyclic) bond motifs is 2. The minimum Gasteiger partial charge on any atom is -0.447 e. The van der Waals surface area contributed by atoms with Crippen molar-refractivity contribution in [2.24, 2.45) is 17.8 Å². The minimum absolute atomic E-state index is 0.0536. The predicted molar refractivity (Wildman–Crippen MR) is 104 cm³/mol. The van der Waals surface area contributed by atoms with E-state index in [4.69, 9.17) is 9.26 Å². The van der Waals surface area contributed by atoms with Gasteiger partial charge in [0.1, 0.15) is 11.5 Å². The zero-order valence-corrected chi connectivity index (χ0v) is 16.3. The van der Waals surface area contributed by atoms with Crippen LogP contribution in [0.1, 0.15) is 49.5 Å². The number of anilines is 1. The molecule has 1 unspecified atom stereocenters. The highest BCUT2D eigenvalue weighted by Gasteiger charge is 2.42. The maximum absolute atomic E-state index is 12.9. The molecule has 29 heavy (non-hydrogen) atoms. The second kappa shape index (κ2) is 8.19. The summed E-state index contributed by atoms with van der Waals surface area (Å²) in [5.41, 5.74) is 0.575. The number of carbonyl (C=O) groups excluding carboxylic acids is 3. The molecule has 4 rings (SSSR count). The van der Waals surface area contributed by atoms with Gasteiger partial charge >= 0.3 is 5.97 Å². The molecule has 2 bridgehead atoms. The maximum atomic E-state index is 12.9. The molecular weight excluding hydrogens is 372 g/mol. The average molecular weight is 396 g/mol. The molecule has 0 radical (unpaired) electrons. The van der Waals surface area contributed by atoms with Crippen molar-refractivity contribution in [3.63, 3.8) is 0 Å². The number of rotatable bonds is 5. The van der Waals surface area contributed by atoms with E-state index in [2.05, 4.69) is 10.5 Å². The summed E-state index contributed by atoms with van der Waals surface area (Å²) in [5.74, 6) is -0.256. The van der Waals surface area contributed by atoms with Gasteiger partial charge in [0.25, 0.3) is 5.91 Å². The maximum Gasteiger partial charge on any atom is 0.310 e. The van der Waals surface area contributed by atoms with Crippen molar-refractivity contribution in [3.8, 4) is 0 Å². The summed E-state index contributed by atoms with van der Waals surface area (Å²) in [7, 11) is 0. The van der Waals surface area contributed by atoms with Crippen molar-refractivity contribution >= 4 is 23.5 Å². The Labute approximate surface area is 168 Å². The van der Waals surface area contributed by atoms with Crippen molar-refractivity contribution < 1.29 is 23.6 Å². The molecule has 4 atom stereocenters. The van der Waals surface area contributed by atoms with E-state index in [1.165, 1.54) is 0 Å². The van der Waals surface area contributed by atoms with Crippen molar-refractivity contribution in [1.82, 2.24) is 5.16 Å². The number of ketones is 1. The number of carbonyl (C=O) groups is 3. The van der Waals surface area contributed by atoms with Gasteiger partial charge in [0.2, 0.25) is 6.10 Å². The van der Waals surface area contributed by atoms with E-state index in [0.717, 1.165) is 19.3 Å². The predicted octanol–water partition coefficient (Wildman–Crippen LogP) is 3.60. The third-order valence-corrected chi connectivity index (χ3v) is 5.84. The van der Waals surface area contributed by atoms with Gasteiger partial charge in [-0.1, -0.05) is 41.9 Å². The van der Waals surface area contributed by atoms with Crippen LogP contribution in [0.25, 0.3) is 0 Å². The molecular formula is C22H24N2O5. The number of Topliss-reactive ketones (excluding diaryl/α,β-unsaturated/α-hetero) is 1. The van der Waals surface area contributed by atoms with Crippen molar-refractivity contribution in [1.29, 1.82) is 0 Å². The van der Waals surface area contributed by atoms with Crippen molar-refractivity contribution in [3.05, 3.63) is 47.7 Å². The Balaban J connectivity index is 1.50. The number of esters is 1. The number of benzene rings is 1. The standard InChI is InChI=1S/C22H24N2O5/c1-13-10-18(24-29-13)23-21(26)20(14-6-3-2-4-7-14)28-22(27)17-11-15-8-5-9-16(12-17)19(15)25/h2-4,6-7,10,15-17,20H,5,8-9,11-12H2,1H3,(H,23,24,26)/t15-,16+,17?,20-/m0/s1. The van der Waals surface area contributed by atoms with Gasteiger partial charge in [-0.3, -0.25) is 14.4 Å². The van der Waals surface area contributed by atoms with E-state index in [1.807, 2.05) is 6.07 Å². The van der Waals surface area contributed by atoms with Crippen LogP contribution in [0.4, 0.5) is 5.82 Å². The van der Waals surface area contributed by atoms with Crippen LogP contribution in [0.15, 0.2) is 40.9 Å². The molecule has 1 heterocycles. The van der Waals surface area contributed by atoms with Crippen LogP contribution in [0, 0.1) is 24.7 Å². The number of ether oxygens (including phenoxy) is 1. The monoisotopic (exact) mass is 396 g/mol. The summed E-state index contributed by atoms with van der Waals surface area (Å²) in [6, 6.07) is 10.5. The SMILES string of the molecule is Cc1cc(NC(=O)[C@@H](OC(=O)C2C[C@H]3CCC[C@@H](C2)C3=O)c2ccccc2)no1. The first-order valence-corrected chi connectivity index (χ1v) is 10.0. The van der Waals surface area contributed by atoms with Crippen molar-refractivity contribution in [2.45, 2.75) is 45.1 Å². The lowest BCUT2D eigenvalue weighted by atomic mass is 9.67. The second-order valence-corrected chi connectivity index (χ2v) is 7.94. The Morgan fingerprint density at radius 2 is 1.86 bits per heavy atom. The highest BCUT2D eigenvalue weighted by molar-refractivity contribution is 5.95. The Morgan fingerprint density at radius 1 is 1.17 bits per heavy atom. The molecule has 0 spiro atoms. The van der Waals surface area contributed by atoms with Crippen LogP contribution < -0.4 is 5.32 Å². The number of hydrogen-bond acceptors (Lipinski definition) is 6.